The zero-order valence-corrected chi connectivity index (χ0v) is 13.1. The number of fused-ring (bicyclic) bond motifs is 1. The predicted octanol–water partition coefficient (Wildman–Crippen LogP) is 2.56. The van der Waals surface area contributed by atoms with Gasteiger partial charge in [0.1, 0.15) is 5.60 Å². The van der Waals surface area contributed by atoms with E-state index in [1.165, 1.54) is 0 Å². The second-order valence-corrected chi connectivity index (χ2v) is 6.37. The van der Waals surface area contributed by atoms with Crippen molar-refractivity contribution in [1.29, 1.82) is 0 Å². The summed E-state index contributed by atoms with van der Waals surface area (Å²) in [5.41, 5.74) is 1.67. The average Bonchev–Trinajstić information content (AvgIpc) is 2.89. The number of hydrogen-bond acceptors (Lipinski definition) is 4. The van der Waals surface area contributed by atoms with E-state index in [2.05, 4.69) is 10.1 Å². The van der Waals surface area contributed by atoms with Crippen molar-refractivity contribution in [3.63, 3.8) is 0 Å². The molecule has 1 aliphatic rings. The molecule has 3 rings (SSSR count). The smallest absolute Gasteiger partial charge is 0.410 e. The standard InChI is InChI=1S/C16H20N4O2/c1-16(2,3)22-15(21)19-9-7-12-10-18-20(13(12)11-19)14-6-4-5-8-17-14/h4-6,8,10H,7,9,11H2,1-3H3. The molecule has 6 nitrogen and oxygen atoms in total. The predicted molar refractivity (Wildman–Crippen MR) is 81.7 cm³/mol. The molecule has 0 saturated heterocycles. The van der Waals surface area contributed by atoms with E-state index in [0.717, 1.165) is 23.5 Å². The summed E-state index contributed by atoms with van der Waals surface area (Å²) >= 11 is 0. The highest BCUT2D eigenvalue weighted by Gasteiger charge is 2.28. The van der Waals surface area contributed by atoms with Crippen molar-refractivity contribution < 1.29 is 9.53 Å². The molecular formula is C16H20N4O2. The topological polar surface area (TPSA) is 60.2 Å². The molecule has 6 heteroatoms. The summed E-state index contributed by atoms with van der Waals surface area (Å²) in [4.78, 5) is 18.3. The van der Waals surface area contributed by atoms with Crippen LogP contribution in [0.4, 0.5) is 4.79 Å². The lowest BCUT2D eigenvalue weighted by molar-refractivity contribution is 0.0220. The van der Waals surface area contributed by atoms with Crippen LogP contribution in [-0.4, -0.2) is 37.9 Å². The lowest BCUT2D eigenvalue weighted by atomic mass is 10.1. The third-order valence-corrected chi connectivity index (χ3v) is 3.47. The van der Waals surface area contributed by atoms with Gasteiger partial charge in [-0.1, -0.05) is 6.07 Å². The molecule has 0 radical (unpaired) electrons. The zero-order valence-electron chi connectivity index (χ0n) is 13.1. The summed E-state index contributed by atoms with van der Waals surface area (Å²) < 4.78 is 7.25. The molecule has 0 N–H and O–H groups in total. The third-order valence-electron chi connectivity index (χ3n) is 3.47. The van der Waals surface area contributed by atoms with Crippen molar-refractivity contribution in [3.8, 4) is 5.82 Å². The molecular weight excluding hydrogens is 280 g/mol. The minimum Gasteiger partial charge on any atom is -0.444 e. The van der Waals surface area contributed by atoms with Gasteiger partial charge in [0.15, 0.2) is 5.82 Å². The number of pyridine rings is 1. The van der Waals surface area contributed by atoms with Crippen LogP contribution in [0.5, 0.6) is 0 Å². The van der Waals surface area contributed by atoms with Gasteiger partial charge in [-0.15, -0.1) is 0 Å². The minimum absolute atomic E-state index is 0.285. The highest BCUT2D eigenvalue weighted by atomic mass is 16.6. The molecule has 2 aromatic heterocycles. The van der Waals surface area contributed by atoms with Gasteiger partial charge in [-0.25, -0.2) is 14.5 Å². The second kappa shape index (κ2) is 5.44. The molecule has 0 aliphatic carbocycles. The Bertz CT molecular complexity index is 673. The van der Waals surface area contributed by atoms with Crippen LogP contribution in [0.15, 0.2) is 30.6 Å². The van der Waals surface area contributed by atoms with Crippen molar-refractivity contribution in [2.75, 3.05) is 6.54 Å². The maximum absolute atomic E-state index is 12.3. The Morgan fingerprint density at radius 3 is 2.82 bits per heavy atom. The van der Waals surface area contributed by atoms with Gasteiger partial charge in [-0.2, -0.15) is 5.10 Å². The molecule has 0 bridgehead atoms. The zero-order chi connectivity index (χ0) is 15.7. The lowest BCUT2D eigenvalue weighted by Crippen LogP contribution is -2.40. The first-order valence-electron chi connectivity index (χ1n) is 7.39. The van der Waals surface area contributed by atoms with Crippen LogP contribution in [0.1, 0.15) is 32.0 Å². The van der Waals surface area contributed by atoms with E-state index in [4.69, 9.17) is 4.74 Å². The number of ether oxygens (including phenoxy) is 1. The number of carbonyl (C=O) groups excluding carboxylic acids is 1. The van der Waals surface area contributed by atoms with Crippen LogP contribution in [0.2, 0.25) is 0 Å². The molecule has 0 unspecified atom stereocenters. The molecule has 0 saturated carbocycles. The first-order chi connectivity index (χ1) is 10.4. The van der Waals surface area contributed by atoms with Crippen LogP contribution in [0, 0.1) is 0 Å². The fourth-order valence-electron chi connectivity index (χ4n) is 2.46. The Morgan fingerprint density at radius 1 is 1.32 bits per heavy atom. The van der Waals surface area contributed by atoms with Crippen LogP contribution >= 0.6 is 0 Å². The van der Waals surface area contributed by atoms with E-state index >= 15 is 0 Å². The molecule has 1 amide bonds. The van der Waals surface area contributed by atoms with Gasteiger partial charge in [0.25, 0.3) is 0 Å². The summed E-state index contributed by atoms with van der Waals surface area (Å²) in [6.45, 7) is 6.76. The van der Waals surface area contributed by atoms with E-state index < -0.39 is 5.60 Å². The minimum atomic E-state index is -0.488. The quantitative estimate of drug-likeness (QED) is 0.812. The van der Waals surface area contributed by atoms with Gasteiger partial charge >= 0.3 is 6.09 Å². The fourth-order valence-corrected chi connectivity index (χ4v) is 2.46. The number of hydrogen-bond donors (Lipinski definition) is 0. The highest BCUT2D eigenvalue weighted by Crippen LogP contribution is 2.22. The van der Waals surface area contributed by atoms with Crippen LogP contribution in [0.3, 0.4) is 0 Å². The van der Waals surface area contributed by atoms with Gasteiger partial charge < -0.3 is 9.64 Å². The molecule has 22 heavy (non-hydrogen) atoms. The van der Waals surface area contributed by atoms with Gasteiger partial charge in [-0.05, 0) is 44.9 Å². The van der Waals surface area contributed by atoms with Crippen LogP contribution in [0.25, 0.3) is 5.82 Å². The van der Waals surface area contributed by atoms with Gasteiger partial charge in [0, 0.05) is 12.7 Å². The molecule has 0 spiro atoms. The molecule has 1 aliphatic heterocycles. The Hall–Kier alpha value is -2.37. The summed E-state index contributed by atoms with van der Waals surface area (Å²) in [5.74, 6) is 0.759. The van der Waals surface area contributed by atoms with Crippen LogP contribution < -0.4 is 0 Å². The molecule has 0 atom stereocenters. The monoisotopic (exact) mass is 300 g/mol. The van der Waals surface area contributed by atoms with E-state index in [1.54, 1.807) is 15.8 Å². The Labute approximate surface area is 129 Å². The fraction of sp³-hybridized carbons (Fsp3) is 0.438. The number of aromatic nitrogens is 3. The molecule has 2 aromatic rings. The van der Waals surface area contributed by atoms with Crippen molar-refractivity contribution in [2.45, 2.75) is 39.3 Å². The van der Waals surface area contributed by atoms with Crippen molar-refractivity contribution in [2.24, 2.45) is 0 Å². The number of amides is 1. The van der Waals surface area contributed by atoms with Gasteiger partial charge in [0.2, 0.25) is 0 Å². The maximum Gasteiger partial charge on any atom is 0.410 e. The second-order valence-electron chi connectivity index (χ2n) is 6.37. The Kier molecular flexibility index (Phi) is 3.60. The molecule has 0 aromatic carbocycles. The first-order valence-corrected chi connectivity index (χ1v) is 7.39. The normalized spacial score (nSPS) is 14.6. The highest BCUT2D eigenvalue weighted by molar-refractivity contribution is 5.68. The maximum atomic E-state index is 12.3. The summed E-state index contributed by atoms with van der Waals surface area (Å²) in [7, 11) is 0. The van der Waals surface area contributed by atoms with Gasteiger partial charge in [-0.3, -0.25) is 0 Å². The Morgan fingerprint density at radius 2 is 2.14 bits per heavy atom. The number of carbonyl (C=O) groups is 1. The van der Waals surface area contributed by atoms with E-state index in [1.807, 2.05) is 45.2 Å². The Balaban J connectivity index is 1.83. The average molecular weight is 300 g/mol. The largest absolute Gasteiger partial charge is 0.444 e. The molecule has 116 valence electrons. The lowest BCUT2D eigenvalue weighted by Gasteiger charge is -2.30. The van der Waals surface area contributed by atoms with Gasteiger partial charge in [0.05, 0.1) is 18.4 Å². The summed E-state index contributed by atoms with van der Waals surface area (Å²) in [6.07, 6.45) is 4.09. The van der Waals surface area contributed by atoms with Crippen molar-refractivity contribution in [1.82, 2.24) is 19.7 Å². The molecule has 3 heterocycles. The van der Waals surface area contributed by atoms with E-state index in [0.29, 0.717) is 13.1 Å². The van der Waals surface area contributed by atoms with Crippen molar-refractivity contribution >= 4 is 6.09 Å². The number of nitrogens with zero attached hydrogens (tertiary/aromatic N) is 4. The first kappa shape index (κ1) is 14.6. The molecule has 0 fully saturated rings. The summed E-state index contributed by atoms with van der Waals surface area (Å²) in [6, 6.07) is 5.69. The van der Waals surface area contributed by atoms with Crippen molar-refractivity contribution in [3.05, 3.63) is 41.9 Å². The summed E-state index contributed by atoms with van der Waals surface area (Å²) in [5, 5.41) is 4.41. The third kappa shape index (κ3) is 2.95. The van der Waals surface area contributed by atoms with E-state index in [-0.39, 0.29) is 6.09 Å². The number of rotatable bonds is 1. The van der Waals surface area contributed by atoms with Crippen LogP contribution in [-0.2, 0) is 17.7 Å². The SMILES string of the molecule is CC(C)(C)OC(=O)N1CCc2cnn(-c3ccccn3)c2C1. The van der Waals surface area contributed by atoms with E-state index in [9.17, 15) is 4.79 Å².